The van der Waals surface area contributed by atoms with Crippen LogP contribution in [0, 0.1) is 23.7 Å². The molecule has 49 heavy (non-hydrogen) atoms. The highest BCUT2D eigenvalue weighted by molar-refractivity contribution is 6.61. The van der Waals surface area contributed by atoms with E-state index in [9.17, 15) is 39.9 Å². The van der Waals surface area contributed by atoms with Gasteiger partial charge in [-0.2, -0.15) is 0 Å². The maximum Gasteiger partial charge on any atom is 0.493 e. The molecule has 14 heteroatoms. The first-order valence-corrected chi connectivity index (χ1v) is 16.6. The summed E-state index contributed by atoms with van der Waals surface area (Å²) in [6.07, 6.45) is 4.28. The highest BCUT2D eigenvalue weighted by Crippen LogP contribution is 2.57. The minimum absolute atomic E-state index is 0.0683. The Kier molecular flexibility index (Phi) is 9.18. The standard InChI is InChI=1S/C35H44BN3O10/c1-18-15-48-36(20-10-7-6-8-11-20)49-16-19(2)39(18)17-37-33(45)27-30(42)28(38(4)5)23-14-22-26(31(43)35(23,47)32(27)44)29(41)25-21(34(22,3)46)12-9-13-24(25)40/h6-13,18-19,21-23,25,28,40,43-44,46-47H,14-17H2,1-5H3,(H,37,45)/t18-,19+,21-,22-,23+,25+,28-,34+,35+/m1/s1. The number of ketones is 2. The number of rotatable bonds is 5. The number of Topliss-reactive ketones (excluding diaryl/α,β-unsaturated/α-hetero) is 2. The predicted molar refractivity (Wildman–Crippen MR) is 178 cm³/mol. The van der Waals surface area contributed by atoms with Crippen LogP contribution in [0.15, 0.2) is 77.0 Å². The zero-order valence-electron chi connectivity index (χ0n) is 28.2. The number of aliphatic hydroxyl groups is 5. The van der Waals surface area contributed by atoms with Gasteiger partial charge in [0, 0.05) is 48.6 Å². The zero-order chi connectivity index (χ0) is 35.6. The van der Waals surface area contributed by atoms with E-state index in [4.69, 9.17) is 9.31 Å². The van der Waals surface area contributed by atoms with Gasteiger partial charge < -0.3 is 40.2 Å². The van der Waals surface area contributed by atoms with Crippen molar-refractivity contribution < 1.29 is 49.2 Å². The lowest BCUT2D eigenvalue weighted by Crippen LogP contribution is -2.66. The summed E-state index contributed by atoms with van der Waals surface area (Å²) in [5.74, 6) is -9.18. The quantitative estimate of drug-likeness (QED) is 0.189. The van der Waals surface area contributed by atoms with E-state index in [1.807, 2.05) is 49.1 Å². The Hall–Kier alpha value is -3.79. The van der Waals surface area contributed by atoms with E-state index in [-0.39, 0.29) is 49.7 Å². The maximum absolute atomic E-state index is 14.1. The van der Waals surface area contributed by atoms with Gasteiger partial charge in [0.2, 0.25) is 0 Å². The molecule has 6 rings (SSSR count). The third-order valence-corrected chi connectivity index (χ3v) is 11.1. The molecule has 2 fully saturated rings. The van der Waals surface area contributed by atoms with Crippen molar-refractivity contribution in [2.24, 2.45) is 23.7 Å². The Bertz CT molecular complexity index is 1640. The topological polar surface area (TPSA) is 189 Å². The lowest BCUT2D eigenvalue weighted by Gasteiger charge is -2.55. The number of likely N-dealkylation sites (N-methyl/N-ethyl adjacent to an activating group) is 1. The van der Waals surface area contributed by atoms with Crippen molar-refractivity contribution in [2.75, 3.05) is 34.0 Å². The molecule has 0 radical (unpaired) electrons. The summed E-state index contributed by atoms with van der Waals surface area (Å²) in [7, 11) is 2.57. The zero-order valence-corrected chi connectivity index (χ0v) is 28.2. The van der Waals surface area contributed by atoms with Gasteiger partial charge in [0.25, 0.3) is 5.91 Å². The number of hydrogen-bond donors (Lipinski definition) is 6. The molecule has 1 amide bonds. The molecule has 6 N–H and O–H groups in total. The van der Waals surface area contributed by atoms with E-state index in [0.717, 1.165) is 5.46 Å². The molecule has 1 saturated carbocycles. The molecule has 0 bridgehead atoms. The molecule has 4 aliphatic carbocycles. The predicted octanol–water partition coefficient (Wildman–Crippen LogP) is 0.663. The van der Waals surface area contributed by atoms with Crippen molar-refractivity contribution in [1.29, 1.82) is 0 Å². The van der Waals surface area contributed by atoms with Gasteiger partial charge in [0.05, 0.1) is 24.2 Å². The van der Waals surface area contributed by atoms with Crippen molar-refractivity contribution in [2.45, 2.75) is 56.5 Å². The molecule has 13 nitrogen and oxygen atoms in total. The summed E-state index contributed by atoms with van der Waals surface area (Å²) in [4.78, 5) is 45.1. The molecule has 5 aliphatic rings. The lowest BCUT2D eigenvalue weighted by molar-refractivity contribution is -0.152. The first-order valence-electron chi connectivity index (χ1n) is 16.6. The average molecular weight is 678 g/mol. The summed E-state index contributed by atoms with van der Waals surface area (Å²) in [5.41, 5.74) is -4.62. The third kappa shape index (κ3) is 5.54. The largest absolute Gasteiger partial charge is 0.512 e. The van der Waals surface area contributed by atoms with E-state index >= 15 is 0 Å². The number of allylic oxidation sites excluding steroid dienone is 3. The SMILES string of the molecule is C[C@@H]1COB(c2ccccc2)OC[C@H](C)N1CNC(=O)C1=C(O)[C@@]2(O)C(O)=C3C(=O)[C@@H]4C(O)=CC=C[C@H]4[C@](C)(O)[C@@H]3C[C@H]2[C@@H](N(C)C)C1=O. The minimum atomic E-state index is -2.71. The second-order valence-corrected chi connectivity index (χ2v) is 14.3. The average Bonchev–Trinajstić information content (AvgIpc) is 3.05. The molecule has 9 atom stereocenters. The van der Waals surface area contributed by atoms with Crippen molar-refractivity contribution >= 4 is 30.1 Å². The number of carbonyl (C=O) groups excluding carboxylic acids is 3. The van der Waals surface area contributed by atoms with Crippen LogP contribution in [0.25, 0.3) is 0 Å². The van der Waals surface area contributed by atoms with Gasteiger partial charge in [0.15, 0.2) is 17.2 Å². The molecule has 0 spiro atoms. The van der Waals surface area contributed by atoms with E-state index < -0.39 is 82.6 Å². The molecular weight excluding hydrogens is 633 g/mol. The monoisotopic (exact) mass is 677 g/mol. The summed E-state index contributed by atoms with van der Waals surface area (Å²) in [5, 5.41) is 60.7. The highest BCUT2D eigenvalue weighted by atomic mass is 16.6. The number of nitrogens with zero attached hydrogens (tertiary/aromatic N) is 2. The Balaban J connectivity index is 1.31. The number of fused-ring (bicyclic) bond motifs is 3. The fourth-order valence-corrected chi connectivity index (χ4v) is 8.40. The molecule has 1 aromatic rings. The smallest absolute Gasteiger partial charge is 0.493 e. The van der Waals surface area contributed by atoms with Gasteiger partial charge in [-0.3, -0.25) is 24.2 Å². The van der Waals surface area contributed by atoms with E-state index in [2.05, 4.69) is 5.32 Å². The van der Waals surface area contributed by atoms with Crippen LogP contribution in [0.3, 0.4) is 0 Å². The van der Waals surface area contributed by atoms with Crippen LogP contribution in [0.1, 0.15) is 27.2 Å². The van der Waals surface area contributed by atoms with Gasteiger partial charge in [-0.1, -0.05) is 42.5 Å². The van der Waals surface area contributed by atoms with Crippen LogP contribution in [0.5, 0.6) is 0 Å². The summed E-state index contributed by atoms with van der Waals surface area (Å²) in [6.45, 7) is 5.79. The van der Waals surface area contributed by atoms with Crippen LogP contribution >= 0.6 is 0 Å². The molecule has 1 heterocycles. The molecule has 1 aliphatic heterocycles. The molecule has 0 unspecified atom stereocenters. The van der Waals surface area contributed by atoms with E-state index in [0.29, 0.717) is 0 Å². The fourth-order valence-electron chi connectivity index (χ4n) is 8.40. The summed E-state index contributed by atoms with van der Waals surface area (Å²) in [6, 6.07) is 7.91. The van der Waals surface area contributed by atoms with Gasteiger partial charge >= 0.3 is 7.12 Å². The molecule has 1 saturated heterocycles. The van der Waals surface area contributed by atoms with Crippen molar-refractivity contribution in [3.63, 3.8) is 0 Å². The van der Waals surface area contributed by atoms with Crippen LogP contribution in [-0.2, 0) is 23.7 Å². The number of aliphatic hydroxyl groups excluding tert-OH is 3. The molecule has 262 valence electrons. The first kappa shape index (κ1) is 35.1. The van der Waals surface area contributed by atoms with Crippen molar-refractivity contribution in [3.8, 4) is 0 Å². The van der Waals surface area contributed by atoms with Crippen LogP contribution < -0.4 is 10.8 Å². The Morgan fingerprint density at radius 3 is 2.27 bits per heavy atom. The molecule has 1 aromatic carbocycles. The second kappa shape index (κ2) is 12.8. The number of benzene rings is 1. The number of nitrogens with one attached hydrogen (secondary N) is 1. The summed E-state index contributed by atoms with van der Waals surface area (Å²) < 4.78 is 12.1. The first-order chi connectivity index (χ1) is 23.1. The van der Waals surface area contributed by atoms with Gasteiger partial charge in [-0.25, -0.2) is 0 Å². The second-order valence-electron chi connectivity index (χ2n) is 14.3. The number of amides is 1. The normalized spacial score (nSPS) is 36.9. The van der Waals surface area contributed by atoms with Crippen molar-refractivity contribution in [1.82, 2.24) is 15.1 Å². The highest BCUT2D eigenvalue weighted by Gasteiger charge is 2.67. The van der Waals surface area contributed by atoms with Gasteiger partial charge in [0.1, 0.15) is 22.9 Å². The van der Waals surface area contributed by atoms with Crippen LogP contribution in [0.4, 0.5) is 0 Å². The maximum atomic E-state index is 14.1. The minimum Gasteiger partial charge on any atom is -0.512 e. The van der Waals surface area contributed by atoms with Crippen LogP contribution in [0.2, 0.25) is 0 Å². The molecular formula is C35H44BN3O10. The van der Waals surface area contributed by atoms with Gasteiger partial charge in [-0.05, 0) is 52.8 Å². The third-order valence-electron chi connectivity index (χ3n) is 11.1. The summed E-state index contributed by atoms with van der Waals surface area (Å²) >= 11 is 0. The Morgan fingerprint density at radius 1 is 1.02 bits per heavy atom. The van der Waals surface area contributed by atoms with Gasteiger partial charge in [-0.15, -0.1) is 0 Å². The number of carbonyl (C=O) groups is 3. The van der Waals surface area contributed by atoms with Crippen LogP contribution in [-0.4, -0.2) is 123 Å². The Labute approximate surface area is 285 Å². The van der Waals surface area contributed by atoms with E-state index in [1.54, 1.807) is 20.2 Å². The van der Waals surface area contributed by atoms with E-state index in [1.165, 1.54) is 24.0 Å². The lowest BCUT2D eigenvalue weighted by atomic mass is 9.52. The fraction of sp³-hybridized carbons (Fsp3) is 0.514. The van der Waals surface area contributed by atoms with Crippen molar-refractivity contribution in [3.05, 3.63) is 77.0 Å². The molecule has 0 aromatic heterocycles. The Morgan fingerprint density at radius 2 is 1.65 bits per heavy atom. The number of hydrogen-bond acceptors (Lipinski definition) is 12.